The van der Waals surface area contributed by atoms with Crippen LogP contribution in [0, 0.1) is 11.3 Å². The first-order valence-corrected chi connectivity index (χ1v) is 6.43. The van der Waals surface area contributed by atoms with Crippen molar-refractivity contribution in [2.75, 3.05) is 7.11 Å². The highest BCUT2D eigenvalue weighted by Gasteiger charge is 2.07. The summed E-state index contributed by atoms with van der Waals surface area (Å²) in [4.78, 5) is 5.00. The largest absolute Gasteiger partial charge is 0.480 e. The Hall–Kier alpha value is -1.99. The Morgan fingerprint density at radius 3 is 2.78 bits per heavy atom. The maximum Gasteiger partial charge on any atom is 0.227 e. The molecular formula is C14H12N2OS. The topological polar surface area (TPSA) is 45.9 Å². The van der Waals surface area contributed by atoms with Crippen LogP contribution in [-0.2, 0) is 5.75 Å². The van der Waals surface area contributed by atoms with E-state index in [0.29, 0.717) is 11.4 Å². The molecule has 18 heavy (non-hydrogen) atoms. The lowest BCUT2D eigenvalue weighted by Crippen LogP contribution is -1.92. The first kappa shape index (κ1) is 12.5. The molecule has 3 nitrogen and oxygen atoms in total. The van der Waals surface area contributed by atoms with Crippen molar-refractivity contribution in [2.24, 2.45) is 0 Å². The Morgan fingerprint density at radius 2 is 2.11 bits per heavy atom. The second kappa shape index (κ2) is 6.08. The van der Waals surface area contributed by atoms with Gasteiger partial charge in [-0.25, -0.2) is 4.98 Å². The van der Waals surface area contributed by atoms with Gasteiger partial charge in [-0.3, -0.25) is 0 Å². The minimum atomic E-state index is 0.548. The molecule has 1 aromatic heterocycles. The van der Waals surface area contributed by atoms with Crippen molar-refractivity contribution in [3.8, 4) is 11.9 Å². The summed E-state index contributed by atoms with van der Waals surface area (Å²) in [6, 6.07) is 14.0. The number of pyridine rings is 1. The molecule has 90 valence electrons. The van der Waals surface area contributed by atoms with Gasteiger partial charge in [0, 0.05) is 11.9 Å². The fraction of sp³-hybridized carbons (Fsp3) is 0.143. The van der Waals surface area contributed by atoms with Crippen LogP contribution in [0.5, 0.6) is 5.88 Å². The fourth-order valence-corrected chi connectivity index (χ4v) is 2.47. The van der Waals surface area contributed by atoms with E-state index in [1.54, 1.807) is 24.9 Å². The number of rotatable bonds is 4. The molecule has 0 bridgehead atoms. The average Bonchev–Trinajstić information content (AvgIpc) is 2.45. The molecular weight excluding hydrogens is 244 g/mol. The van der Waals surface area contributed by atoms with Crippen molar-refractivity contribution in [1.82, 2.24) is 4.98 Å². The molecule has 0 saturated heterocycles. The van der Waals surface area contributed by atoms with E-state index < -0.39 is 0 Å². The maximum absolute atomic E-state index is 8.87. The van der Waals surface area contributed by atoms with E-state index in [1.165, 1.54) is 11.8 Å². The van der Waals surface area contributed by atoms with E-state index in [9.17, 15) is 0 Å². The maximum atomic E-state index is 8.87. The van der Waals surface area contributed by atoms with Crippen LogP contribution in [0.4, 0.5) is 0 Å². The van der Waals surface area contributed by atoms with Crippen LogP contribution in [0.15, 0.2) is 47.5 Å². The summed E-state index contributed by atoms with van der Waals surface area (Å²) in [6.45, 7) is 0. The number of nitriles is 1. The molecule has 2 aromatic rings. The molecule has 0 aliphatic rings. The molecule has 0 fully saturated rings. The van der Waals surface area contributed by atoms with E-state index in [4.69, 9.17) is 10.00 Å². The summed E-state index contributed by atoms with van der Waals surface area (Å²) in [5.41, 5.74) is 1.78. The van der Waals surface area contributed by atoms with Gasteiger partial charge in [-0.1, -0.05) is 30.3 Å². The Morgan fingerprint density at radius 1 is 1.33 bits per heavy atom. The molecule has 2 rings (SSSR count). The molecule has 0 unspecified atom stereocenters. The second-order valence-corrected chi connectivity index (χ2v) is 4.63. The summed E-state index contributed by atoms with van der Waals surface area (Å²) >= 11 is 1.62. The highest BCUT2D eigenvalue weighted by atomic mass is 32.2. The van der Waals surface area contributed by atoms with E-state index in [0.717, 1.165) is 10.6 Å². The number of nitrogens with zero attached hydrogens (tertiary/aromatic N) is 2. The van der Waals surface area contributed by atoms with Gasteiger partial charge in [0.15, 0.2) is 0 Å². The number of ether oxygens (including phenoxy) is 1. The van der Waals surface area contributed by atoms with Gasteiger partial charge in [0.1, 0.15) is 6.07 Å². The van der Waals surface area contributed by atoms with Gasteiger partial charge in [-0.15, -0.1) is 11.8 Å². The molecule has 0 N–H and O–H groups in total. The van der Waals surface area contributed by atoms with Crippen LogP contribution in [-0.4, -0.2) is 12.1 Å². The minimum Gasteiger partial charge on any atom is -0.480 e. The Labute approximate surface area is 110 Å². The smallest absolute Gasteiger partial charge is 0.227 e. The van der Waals surface area contributed by atoms with Gasteiger partial charge in [-0.2, -0.15) is 5.26 Å². The summed E-state index contributed by atoms with van der Waals surface area (Å²) < 4.78 is 5.19. The molecule has 4 heteroatoms. The Balaban J connectivity index is 2.15. The number of thioether (sulfide) groups is 1. The minimum absolute atomic E-state index is 0.548. The van der Waals surface area contributed by atoms with Crippen molar-refractivity contribution in [3.05, 3.63) is 53.7 Å². The van der Waals surface area contributed by atoms with E-state index in [2.05, 4.69) is 23.2 Å². The summed E-state index contributed by atoms with van der Waals surface area (Å²) in [7, 11) is 1.58. The summed E-state index contributed by atoms with van der Waals surface area (Å²) in [6.07, 6.45) is 1.52. The Kier molecular flexibility index (Phi) is 4.21. The quantitative estimate of drug-likeness (QED) is 0.788. The molecule has 0 radical (unpaired) electrons. The van der Waals surface area contributed by atoms with Crippen LogP contribution in [0.25, 0.3) is 0 Å². The number of benzene rings is 1. The number of methoxy groups -OCH3 is 1. The third-order valence-electron chi connectivity index (χ3n) is 2.38. The highest BCUT2D eigenvalue weighted by Crippen LogP contribution is 2.30. The van der Waals surface area contributed by atoms with Gasteiger partial charge < -0.3 is 4.74 Å². The molecule has 0 spiro atoms. The molecule has 0 saturated carbocycles. The highest BCUT2D eigenvalue weighted by molar-refractivity contribution is 7.98. The molecule has 0 atom stereocenters. The summed E-state index contributed by atoms with van der Waals surface area (Å²) in [5.74, 6) is 1.39. The van der Waals surface area contributed by atoms with Crippen molar-refractivity contribution in [2.45, 2.75) is 10.6 Å². The molecule has 1 heterocycles. The molecule has 1 aromatic carbocycles. The molecule has 0 aliphatic heterocycles. The van der Waals surface area contributed by atoms with Gasteiger partial charge >= 0.3 is 0 Å². The van der Waals surface area contributed by atoms with Crippen LogP contribution >= 0.6 is 11.8 Å². The van der Waals surface area contributed by atoms with Crippen LogP contribution in [0.1, 0.15) is 11.1 Å². The Bertz CT molecular complexity index is 564. The van der Waals surface area contributed by atoms with E-state index >= 15 is 0 Å². The standard InChI is InChI=1S/C14H12N2OS/c1-17-14-13(7-12(8-15)9-16-14)18-10-11-5-3-2-4-6-11/h2-7,9H,10H2,1H3. The van der Waals surface area contributed by atoms with Crippen LogP contribution < -0.4 is 4.74 Å². The third-order valence-corrected chi connectivity index (χ3v) is 3.46. The average molecular weight is 256 g/mol. The first-order chi connectivity index (χ1) is 8.83. The SMILES string of the molecule is COc1ncc(C#N)cc1SCc1ccccc1. The zero-order chi connectivity index (χ0) is 12.8. The normalized spacial score (nSPS) is 9.78. The van der Waals surface area contributed by atoms with E-state index in [-0.39, 0.29) is 0 Å². The fourth-order valence-electron chi connectivity index (χ4n) is 1.49. The van der Waals surface area contributed by atoms with Gasteiger partial charge in [0.2, 0.25) is 5.88 Å². The molecule has 0 aliphatic carbocycles. The van der Waals surface area contributed by atoms with Crippen LogP contribution in [0.3, 0.4) is 0 Å². The lowest BCUT2D eigenvalue weighted by atomic mass is 10.2. The van der Waals surface area contributed by atoms with Crippen molar-refractivity contribution in [1.29, 1.82) is 5.26 Å². The first-order valence-electron chi connectivity index (χ1n) is 5.44. The van der Waals surface area contributed by atoms with Gasteiger partial charge in [0.25, 0.3) is 0 Å². The molecule has 0 amide bonds. The zero-order valence-corrected chi connectivity index (χ0v) is 10.8. The lowest BCUT2D eigenvalue weighted by molar-refractivity contribution is 0.387. The number of aromatic nitrogens is 1. The second-order valence-electron chi connectivity index (χ2n) is 3.62. The van der Waals surface area contributed by atoms with Crippen molar-refractivity contribution >= 4 is 11.8 Å². The number of hydrogen-bond donors (Lipinski definition) is 0. The van der Waals surface area contributed by atoms with Gasteiger partial charge in [0.05, 0.1) is 17.6 Å². The monoisotopic (exact) mass is 256 g/mol. The predicted octanol–water partition coefficient (Wildman–Crippen LogP) is 3.25. The van der Waals surface area contributed by atoms with Crippen molar-refractivity contribution < 1.29 is 4.74 Å². The van der Waals surface area contributed by atoms with Gasteiger partial charge in [-0.05, 0) is 11.6 Å². The lowest BCUT2D eigenvalue weighted by Gasteiger charge is -2.07. The third kappa shape index (κ3) is 3.02. The zero-order valence-electron chi connectivity index (χ0n) is 9.96. The van der Waals surface area contributed by atoms with Crippen molar-refractivity contribution in [3.63, 3.8) is 0 Å². The summed E-state index contributed by atoms with van der Waals surface area (Å²) in [5, 5.41) is 8.87. The van der Waals surface area contributed by atoms with Crippen LogP contribution in [0.2, 0.25) is 0 Å². The predicted molar refractivity (Wildman–Crippen MR) is 71.5 cm³/mol. The number of hydrogen-bond acceptors (Lipinski definition) is 4. The van der Waals surface area contributed by atoms with E-state index in [1.807, 2.05) is 18.2 Å².